The summed E-state index contributed by atoms with van der Waals surface area (Å²) < 4.78 is 6.28. The van der Waals surface area contributed by atoms with Crippen molar-refractivity contribution in [2.45, 2.75) is 79.6 Å². The minimum Gasteiger partial charge on any atom is -0.477 e. The first-order chi connectivity index (χ1) is 17.1. The molecule has 0 saturated heterocycles. The number of allylic oxidation sites excluding steroid dienone is 1. The Kier molecular flexibility index (Phi) is 8.90. The molecule has 0 bridgehead atoms. The van der Waals surface area contributed by atoms with Crippen molar-refractivity contribution in [3.05, 3.63) is 76.5 Å². The highest BCUT2D eigenvalue weighted by Crippen LogP contribution is 2.36. The van der Waals surface area contributed by atoms with Crippen LogP contribution in [0.2, 0.25) is 0 Å². The largest absolute Gasteiger partial charge is 0.477 e. The quantitative estimate of drug-likeness (QED) is 0.254. The molecule has 1 aromatic heterocycles. The lowest BCUT2D eigenvalue weighted by molar-refractivity contribution is 0.104. The van der Waals surface area contributed by atoms with E-state index in [-0.39, 0.29) is 11.2 Å². The zero-order valence-electron chi connectivity index (χ0n) is 22.7. The molecule has 36 heavy (non-hydrogen) atoms. The molecule has 0 N–H and O–H groups in total. The average molecular weight is 485 g/mol. The average Bonchev–Trinajstić information content (AvgIpc) is 3.36. The van der Waals surface area contributed by atoms with Gasteiger partial charge in [-0.1, -0.05) is 71.7 Å². The van der Waals surface area contributed by atoms with Crippen molar-refractivity contribution < 1.29 is 9.53 Å². The molecule has 1 aliphatic rings. The fraction of sp³-hybridized carbons (Fsp3) is 0.469. The zero-order chi connectivity index (χ0) is 26.5. The van der Waals surface area contributed by atoms with E-state index in [1.54, 1.807) is 6.07 Å². The van der Waals surface area contributed by atoms with Crippen molar-refractivity contribution >= 4 is 11.4 Å². The highest BCUT2D eigenvalue weighted by Gasteiger charge is 2.24. The van der Waals surface area contributed by atoms with Crippen LogP contribution in [0.4, 0.5) is 0 Å². The van der Waals surface area contributed by atoms with Gasteiger partial charge in [0.25, 0.3) is 0 Å². The van der Waals surface area contributed by atoms with E-state index in [4.69, 9.17) is 9.72 Å². The van der Waals surface area contributed by atoms with Crippen LogP contribution in [0.1, 0.15) is 103 Å². The molecule has 0 radical (unpaired) electrons. The number of benzene rings is 1. The predicted octanol–water partition coefficient (Wildman–Crippen LogP) is 7.94. The van der Waals surface area contributed by atoms with Crippen molar-refractivity contribution in [3.63, 3.8) is 0 Å². The van der Waals surface area contributed by atoms with E-state index in [1.807, 2.05) is 26.0 Å². The molecule has 0 atom stereocenters. The first-order valence-corrected chi connectivity index (χ1v) is 13.1. The number of nitrogens with zero attached hydrogens (tertiary/aromatic N) is 2. The van der Waals surface area contributed by atoms with Gasteiger partial charge in [0, 0.05) is 16.7 Å². The molecule has 0 unspecified atom stereocenters. The lowest BCUT2D eigenvalue weighted by atomic mass is 9.85. The predicted molar refractivity (Wildman–Crippen MR) is 147 cm³/mol. The summed E-state index contributed by atoms with van der Waals surface area (Å²) in [5.41, 5.74) is 6.08. The molecular weight excluding hydrogens is 444 g/mol. The monoisotopic (exact) mass is 484 g/mol. The number of pyridine rings is 1. The van der Waals surface area contributed by atoms with Gasteiger partial charge in [-0.3, -0.25) is 4.79 Å². The van der Waals surface area contributed by atoms with Crippen LogP contribution in [-0.4, -0.2) is 17.4 Å². The van der Waals surface area contributed by atoms with Gasteiger partial charge in [0.1, 0.15) is 6.07 Å². The molecule has 1 aromatic carbocycles. The fourth-order valence-electron chi connectivity index (χ4n) is 4.99. The van der Waals surface area contributed by atoms with Gasteiger partial charge >= 0.3 is 0 Å². The summed E-state index contributed by atoms with van der Waals surface area (Å²) in [6, 6.07) is 7.99. The van der Waals surface area contributed by atoms with Crippen molar-refractivity contribution in [1.82, 2.24) is 4.98 Å². The Morgan fingerprint density at radius 2 is 1.94 bits per heavy atom. The number of rotatable bonds is 10. The Morgan fingerprint density at radius 3 is 2.56 bits per heavy atom. The molecule has 0 spiro atoms. The summed E-state index contributed by atoms with van der Waals surface area (Å²) in [4.78, 5) is 17.2. The number of carbonyl (C=O) groups is 1. The van der Waals surface area contributed by atoms with Gasteiger partial charge in [-0.25, -0.2) is 4.98 Å². The third-order valence-corrected chi connectivity index (χ3v) is 7.27. The standard InChI is InChI=1S/C32H40N2O2/c1-8-29(35)25-14-13-21(2)26(19-25)22(3)30-23(4)31(36-18-16-24-11-9-10-12-24)34-28(27(30)20-33)15-17-32(5,6)7/h8,13-14,19,24H,1,3,9-12,15-18H2,2,4-7H3. The molecule has 1 aliphatic carbocycles. The Morgan fingerprint density at radius 1 is 1.25 bits per heavy atom. The van der Waals surface area contributed by atoms with Crippen LogP contribution in [0.5, 0.6) is 5.88 Å². The van der Waals surface area contributed by atoms with Gasteiger partial charge in [0.15, 0.2) is 5.78 Å². The molecule has 2 aromatic rings. The number of ether oxygens (including phenoxy) is 1. The third-order valence-electron chi connectivity index (χ3n) is 7.27. The number of hydrogen-bond donors (Lipinski definition) is 0. The number of carbonyl (C=O) groups excluding carboxylic acids is 1. The first-order valence-electron chi connectivity index (χ1n) is 13.1. The maximum Gasteiger partial charge on any atom is 0.217 e. The third kappa shape index (κ3) is 6.52. The maximum atomic E-state index is 12.3. The van der Waals surface area contributed by atoms with Crippen LogP contribution in [0.15, 0.2) is 37.4 Å². The van der Waals surface area contributed by atoms with E-state index < -0.39 is 0 Å². The molecule has 4 nitrogen and oxygen atoms in total. The SMILES string of the molecule is C=CC(=O)c1ccc(C)c(C(=C)c2c(C)c(OCCC3CCCC3)nc(CCC(C)(C)C)c2C#N)c1. The first kappa shape index (κ1) is 27.4. The van der Waals surface area contributed by atoms with Gasteiger partial charge in [-0.15, -0.1) is 0 Å². The molecule has 1 saturated carbocycles. The highest BCUT2D eigenvalue weighted by molar-refractivity contribution is 6.05. The van der Waals surface area contributed by atoms with Crippen LogP contribution < -0.4 is 4.74 Å². The second kappa shape index (κ2) is 11.7. The lowest BCUT2D eigenvalue weighted by Gasteiger charge is -2.22. The van der Waals surface area contributed by atoms with E-state index in [9.17, 15) is 10.1 Å². The van der Waals surface area contributed by atoms with Crippen LogP contribution in [0, 0.1) is 36.5 Å². The lowest BCUT2D eigenvalue weighted by Crippen LogP contribution is -2.13. The Labute approximate surface area is 217 Å². The number of hydrogen-bond acceptors (Lipinski definition) is 4. The van der Waals surface area contributed by atoms with Crippen molar-refractivity contribution in [3.8, 4) is 11.9 Å². The van der Waals surface area contributed by atoms with Gasteiger partial charge in [-0.05, 0) is 73.3 Å². The van der Waals surface area contributed by atoms with E-state index in [0.717, 1.165) is 46.7 Å². The zero-order valence-corrected chi connectivity index (χ0v) is 22.7. The Balaban J connectivity index is 2.07. The van der Waals surface area contributed by atoms with Crippen molar-refractivity contribution in [2.24, 2.45) is 11.3 Å². The van der Waals surface area contributed by atoms with Crippen LogP contribution in [-0.2, 0) is 6.42 Å². The smallest absolute Gasteiger partial charge is 0.217 e. The summed E-state index contributed by atoms with van der Waals surface area (Å²) in [5.74, 6) is 1.17. The van der Waals surface area contributed by atoms with Gasteiger partial charge < -0.3 is 4.74 Å². The van der Waals surface area contributed by atoms with E-state index in [0.29, 0.717) is 35.6 Å². The van der Waals surface area contributed by atoms with Gasteiger partial charge in [-0.2, -0.15) is 5.26 Å². The van der Waals surface area contributed by atoms with E-state index in [1.165, 1.54) is 31.8 Å². The normalized spacial score (nSPS) is 13.9. The molecule has 190 valence electrons. The molecule has 1 fully saturated rings. The second-order valence-corrected chi connectivity index (χ2v) is 11.3. The summed E-state index contributed by atoms with van der Waals surface area (Å²) in [7, 11) is 0. The van der Waals surface area contributed by atoms with E-state index >= 15 is 0 Å². The second-order valence-electron chi connectivity index (χ2n) is 11.3. The maximum absolute atomic E-state index is 12.3. The number of aryl methyl sites for hydroxylation is 2. The van der Waals surface area contributed by atoms with Crippen molar-refractivity contribution in [1.29, 1.82) is 5.26 Å². The summed E-state index contributed by atoms with van der Waals surface area (Å²) >= 11 is 0. The number of ketones is 1. The highest BCUT2D eigenvalue weighted by atomic mass is 16.5. The molecule has 4 heteroatoms. The molecule has 0 aliphatic heterocycles. The minimum atomic E-state index is -0.141. The Bertz CT molecular complexity index is 1190. The molecule has 3 rings (SSSR count). The van der Waals surface area contributed by atoms with Crippen LogP contribution in [0.25, 0.3) is 5.57 Å². The molecule has 0 amide bonds. The number of nitriles is 1. The van der Waals surface area contributed by atoms with E-state index in [2.05, 4.69) is 40.0 Å². The Hall–Kier alpha value is -3.19. The summed E-state index contributed by atoms with van der Waals surface area (Å²) in [5, 5.41) is 10.3. The van der Waals surface area contributed by atoms with Gasteiger partial charge in [0.05, 0.1) is 17.9 Å². The molecule has 1 heterocycles. The van der Waals surface area contributed by atoms with Crippen LogP contribution >= 0.6 is 0 Å². The summed E-state index contributed by atoms with van der Waals surface area (Å²) in [6.45, 7) is 19.2. The minimum absolute atomic E-state index is 0.107. The topological polar surface area (TPSA) is 63.0 Å². The van der Waals surface area contributed by atoms with Gasteiger partial charge in [0.2, 0.25) is 5.88 Å². The summed E-state index contributed by atoms with van der Waals surface area (Å²) in [6.07, 6.45) is 9.10. The van der Waals surface area contributed by atoms with Crippen molar-refractivity contribution in [2.75, 3.05) is 6.61 Å². The van der Waals surface area contributed by atoms with Crippen LogP contribution in [0.3, 0.4) is 0 Å². The fourth-order valence-corrected chi connectivity index (χ4v) is 4.99. The number of aromatic nitrogens is 1. The molecular formula is C32H40N2O2.